The van der Waals surface area contributed by atoms with Crippen molar-refractivity contribution >= 4 is 5.82 Å². The minimum atomic E-state index is 0.345. The third-order valence-corrected chi connectivity index (χ3v) is 13.6. The lowest BCUT2D eigenvalue weighted by atomic mass is 9.51. The van der Waals surface area contributed by atoms with Crippen LogP contribution in [-0.4, -0.2) is 64.3 Å². The Morgan fingerprint density at radius 1 is 0.942 bits per heavy atom. The van der Waals surface area contributed by atoms with Gasteiger partial charge >= 0.3 is 0 Å². The van der Waals surface area contributed by atoms with Gasteiger partial charge in [-0.2, -0.15) is 5.10 Å². The van der Waals surface area contributed by atoms with Crippen LogP contribution in [0.1, 0.15) is 127 Å². The smallest absolute Gasteiger partial charge is 0.133 e. The lowest BCUT2D eigenvalue weighted by molar-refractivity contribution is 0.0459. The van der Waals surface area contributed by atoms with Crippen molar-refractivity contribution in [2.24, 2.45) is 11.3 Å². The number of aryl methyl sites for hydroxylation is 2. The topological polar surface area (TPSA) is 40.4 Å². The van der Waals surface area contributed by atoms with E-state index in [0.29, 0.717) is 22.8 Å². The van der Waals surface area contributed by atoms with Crippen LogP contribution in [0.4, 0.5) is 5.82 Å². The number of anilines is 1. The molecule has 0 spiro atoms. The summed E-state index contributed by atoms with van der Waals surface area (Å²) in [6, 6.07) is 12.9. The van der Waals surface area contributed by atoms with Crippen LogP contribution < -0.4 is 4.90 Å². The third kappa shape index (κ3) is 8.38. The van der Waals surface area contributed by atoms with Gasteiger partial charge in [0.15, 0.2) is 0 Å². The second-order valence-corrected chi connectivity index (χ2v) is 17.5. The van der Waals surface area contributed by atoms with Gasteiger partial charge in [-0.05, 0) is 157 Å². The van der Waals surface area contributed by atoms with E-state index in [9.17, 15) is 0 Å². The van der Waals surface area contributed by atoms with Crippen molar-refractivity contribution in [3.8, 4) is 11.1 Å². The Morgan fingerprint density at radius 3 is 2.21 bits per heavy atom. The molecule has 4 saturated carbocycles. The van der Waals surface area contributed by atoms with E-state index < -0.39 is 0 Å². The molecule has 6 nitrogen and oxygen atoms in total. The molecule has 0 radical (unpaired) electrons. The molecule has 282 valence electrons. The quantitative estimate of drug-likeness (QED) is 0.199. The molecule has 3 aromatic rings. The Morgan fingerprint density at radius 2 is 1.65 bits per heavy atom. The number of rotatable bonds is 11. The molecule has 2 aromatic heterocycles. The van der Waals surface area contributed by atoms with Crippen LogP contribution in [0, 0.1) is 18.3 Å². The third-order valence-electron chi connectivity index (χ3n) is 13.6. The molecule has 8 rings (SSSR count). The molecule has 5 fully saturated rings. The number of likely N-dealkylation sites (N-methyl/N-ethyl adjacent to an activating group) is 1. The molecule has 5 aliphatic rings. The number of aromatic nitrogens is 3. The fraction of sp³-hybridized carbons (Fsp3) is 0.609. The number of benzene rings is 1. The Hall–Kier alpha value is -3.38. The summed E-state index contributed by atoms with van der Waals surface area (Å²) in [4.78, 5) is 12.2. The van der Waals surface area contributed by atoms with Crippen LogP contribution in [0.3, 0.4) is 0 Å². The molecule has 4 aliphatic carbocycles. The van der Waals surface area contributed by atoms with Crippen molar-refractivity contribution in [2.75, 3.05) is 38.6 Å². The van der Waals surface area contributed by atoms with Gasteiger partial charge in [-0.15, -0.1) is 0 Å². The zero-order chi connectivity index (χ0) is 37.0. The van der Waals surface area contributed by atoms with E-state index >= 15 is 0 Å². The SMILES string of the molecule is C=C(C)N1CCC(N(C)C)C1.C=C(C1CCCCC1)N(CC12CCC(c3ccc(CC)c(C)c3)(CC1)CC2)c1cc(-c2cnn(C(C)C)c2)ccn1. The molecular weight excluding hydrogens is 637 g/mol. The second kappa shape index (κ2) is 16.3. The highest BCUT2D eigenvalue weighted by Crippen LogP contribution is 2.58. The van der Waals surface area contributed by atoms with Gasteiger partial charge in [-0.25, -0.2) is 4.98 Å². The maximum absolute atomic E-state index is 4.99. The van der Waals surface area contributed by atoms with Crippen molar-refractivity contribution in [1.29, 1.82) is 0 Å². The van der Waals surface area contributed by atoms with Crippen LogP contribution in [0.5, 0.6) is 0 Å². The van der Waals surface area contributed by atoms with Crippen LogP contribution in [0.25, 0.3) is 11.1 Å². The summed E-state index contributed by atoms with van der Waals surface area (Å²) in [7, 11) is 4.29. The predicted molar refractivity (Wildman–Crippen MR) is 220 cm³/mol. The molecule has 52 heavy (non-hydrogen) atoms. The van der Waals surface area contributed by atoms with Gasteiger partial charge < -0.3 is 14.7 Å². The highest BCUT2D eigenvalue weighted by atomic mass is 15.3. The Bertz CT molecular complexity index is 1650. The summed E-state index contributed by atoms with van der Waals surface area (Å²) in [5.74, 6) is 1.64. The lowest BCUT2D eigenvalue weighted by Crippen LogP contribution is -2.49. The number of hydrogen-bond acceptors (Lipinski definition) is 5. The zero-order valence-corrected chi connectivity index (χ0v) is 33.8. The zero-order valence-electron chi connectivity index (χ0n) is 33.8. The average Bonchev–Trinajstić information content (AvgIpc) is 3.87. The van der Waals surface area contributed by atoms with E-state index in [1.54, 1.807) is 5.56 Å². The van der Waals surface area contributed by atoms with Gasteiger partial charge in [-0.3, -0.25) is 4.68 Å². The first-order chi connectivity index (χ1) is 24.9. The minimum absolute atomic E-state index is 0.345. The van der Waals surface area contributed by atoms with Crippen molar-refractivity contribution in [3.63, 3.8) is 0 Å². The second-order valence-electron chi connectivity index (χ2n) is 17.5. The van der Waals surface area contributed by atoms with Gasteiger partial charge in [0.05, 0.1) is 6.20 Å². The van der Waals surface area contributed by atoms with Crippen LogP contribution in [0.2, 0.25) is 0 Å². The number of allylic oxidation sites excluding steroid dienone is 2. The Labute approximate surface area is 316 Å². The fourth-order valence-electron chi connectivity index (χ4n) is 9.70. The number of pyridine rings is 1. The van der Waals surface area contributed by atoms with Gasteiger partial charge in [0.1, 0.15) is 5.82 Å². The van der Waals surface area contributed by atoms with Crippen LogP contribution >= 0.6 is 0 Å². The predicted octanol–water partition coefficient (Wildman–Crippen LogP) is 10.7. The van der Waals surface area contributed by atoms with Gasteiger partial charge in [-0.1, -0.05) is 57.5 Å². The first-order valence-electron chi connectivity index (χ1n) is 20.6. The molecule has 6 heteroatoms. The summed E-state index contributed by atoms with van der Waals surface area (Å²) >= 11 is 0. The summed E-state index contributed by atoms with van der Waals surface area (Å²) in [6.07, 6.45) is 22.9. The molecule has 1 saturated heterocycles. The first-order valence-corrected chi connectivity index (χ1v) is 20.6. The summed E-state index contributed by atoms with van der Waals surface area (Å²) < 4.78 is 2.04. The molecule has 1 aromatic carbocycles. The largest absolute Gasteiger partial charge is 0.374 e. The molecule has 0 N–H and O–H groups in total. The van der Waals surface area contributed by atoms with Crippen molar-refractivity contribution in [2.45, 2.75) is 136 Å². The van der Waals surface area contributed by atoms with Crippen molar-refractivity contribution < 1.29 is 0 Å². The molecule has 1 unspecified atom stereocenters. The summed E-state index contributed by atoms with van der Waals surface area (Å²) in [5.41, 5.74) is 10.1. The van der Waals surface area contributed by atoms with Crippen LogP contribution in [-0.2, 0) is 11.8 Å². The number of fused-ring (bicyclic) bond motifs is 3. The van der Waals surface area contributed by atoms with E-state index in [1.165, 1.54) is 112 Å². The van der Waals surface area contributed by atoms with Gasteiger partial charge in [0.2, 0.25) is 0 Å². The molecule has 0 amide bonds. The average molecular weight is 705 g/mol. The monoisotopic (exact) mass is 705 g/mol. The molecular formula is C46H68N6. The van der Waals surface area contributed by atoms with E-state index in [4.69, 9.17) is 11.6 Å². The van der Waals surface area contributed by atoms with E-state index in [0.717, 1.165) is 36.9 Å². The fourth-order valence-corrected chi connectivity index (χ4v) is 9.70. The highest BCUT2D eigenvalue weighted by molar-refractivity contribution is 5.66. The highest BCUT2D eigenvalue weighted by Gasteiger charge is 2.50. The van der Waals surface area contributed by atoms with E-state index in [-0.39, 0.29) is 0 Å². The maximum atomic E-state index is 4.99. The number of likely N-dealkylation sites (tertiary alicyclic amines) is 1. The van der Waals surface area contributed by atoms with Crippen LogP contribution in [0.15, 0.2) is 73.5 Å². The number of nitrogens with zero attached hydrogens (tertiary/aromatic N) is 6. The molecule has 3 heterocycles. The molecule has 1 atom stereocenters. The Balaban J connectivity index is 0.000000362. The lowest BCUT2D eigenvalue weighted by Gasteiger charge is -2.55. The number of hydrogen-bond donors (Lipinski definition) is 0. The van der Waals surface area contributed by atoms with Gasteiger partial charge in [0.25, 0.3) is 0 Å². The van der Waals surface area contributed by atoms with E-state index in [2.05, 4.69) is 112 Å². The molecule has 2 bridgehead atoms. The van der Waals surface area contributed by atoms with E-state index in [1.807, 2.05) is 17.1 Å². The summed E-state index contributed by atoms with van der Waals surface area (Å²) in [6.45, 7) is 23.1. The minimum Gasteiger partial charge on any atom is -0.374 e. The van der Waals surface area contributed by atoms with Crippen molar-refractivity contribution in [3.05, 3.63) is 90.2 Å². The normalized spacial score (nSPS) is 24.6. The molecule has 1 aliphatic heterocycles. The standard InChI is InChI=1S/C37H50N4.C9H18N2/c1-6-30-12-13-34(22-28(30)4)37-18-15-36(16-19-37,17-20-37)26-40(29(5)31-10-8-7-9-11-31)35-23-32(14-21-38-35)33-24-39-41(25-33)27(2)3;1-8(2)11-6-5-9(7-11)10(3)4/h12-14,21-25,27,31H,5-11,15-20,26H2,1-4H3;9H,1,5-7H2,2-4H3. The summed E-state index contributed by atoms with van der Waals surface area (Å²) in [5, 5.41) is 4.61. The van der Waals surface area contributed by atoms with Crippen molar-refractivity contribution in [1.82, 2.24) is 24.6 Å². The maximum Gasteiger partial charge on any atom is 0.133 e. The first kappa shape index (κ1) is 38.3. The van der Waals surface area contributed by atoms with Gasteiger partial charge in [0, 0.05) is 61.1 Å². The Kier molecular flexibility index (Phi) is 12.0.